The topological polar surface area (TPSA) is 92.0 Å². The van der Waals surface area contributed by atoms with Gasteiger partial charge in [0, 0.05) is 24.3 Å². The number of nitrogens with two attached hydrogens (primary N) is 1. The fourth-order valence-corrected chi connectivity index (χ4v) is 3.43. The van der Waals surface area contributed by atoms with Crippen molar-refractivity contribution in [2.45, 2.75) is 51.7 Å². The number of nitrogen functional groups attached to an aromatic ring is 1. The van der Waals surface area contributed by atoms with Crippen molar-refractivity contribution in [3.05, 3.63) is 36.2 Å². The van der Waals surface area contributed by atoms with Crippen LogP contribution >= 0.6 is 0 Å². The first-order chi connectivity index (χ1) is 12.5. The van der Waals surface area contributed by atoms with Gasteiger partial charge in [-0.3, -0.25) is 4.90 Å². The summed E-state index contributed by atoms with van der Waals surface area (Å²) in [5, 5.41) is 6.85. The third kappa shape index (κ3) is 4.89. The van der Waals surface area contributed by atoms with Crippen LogP contribution in [0.25, 0.3) is 0 Å². The van der Waals surface area contributed by atoms with Crippen LogP contribution in [0, 0.1) is 0 Å². The molecule has 3 rings (SSSR count). The van der Waals surface area contributed by atoms with Crippen molar-refractivity contribution >= 4 is 17.6 Å². The minimum absolute atomic E-state index is 0.0911. The van der Waals surface area contributed by atoms with Crippen molar-refractivity contribution in [1.82, 2.24) is 25.2 Å². The molecule has 2 unspecified atom stereocenters. The van der Waals surface area contributed by atoms with Crippen molar-refractivity contribution in [1.29, 1.82) is 0 Å². The lowest BCUT2D eigenvalue weighted by Gasteiger charge is -2.37. The summed E-state index contributed by atoms with van der Waals surface area (Å²) in [4.78, 5) is 15.7. The molecule has 7 nitrogen and oxygen atoms in total. The molecule has 1 aliphatic heterocycles. The van der Waals surface area contributed by atoms with Gasteiger partial charge in [0.15, 0.2) is 5.82 Å². The van der Waals surface area contributed by atoms with Crippen LogP contribution in [-0.4, -0.2) is 45.0 Å². The summed E-state index contributed by atoms with van der Waals surface area (Å²) in [6, 6.07) is 10.9. The summed E-state index contributed by atoms with van der Waals surface area (Å²) in [6.07, 6.45) is 2.38. The molecule has 1 aromatic heterocycles. The lowest BCUT2D eigenvalue weighted by molar-refractivity contribution is 0.137. The highest BCUT2D eigenvalue weighted by Gasteiger charge is 2.26. The Kier molecular flexibility index (Phi) is 6.00. The van der Waals surface area contributed by atoms with Crippen molar-refractivity contribution in [2.75, 3.05) is 24.1 Å². The number of nitrogens with one attached hydrogen (secondary N) is 2. The maximum Gasteiger partial charge on any atom is 0.232 e. The van der Waals surface area contributed by atoms with Crippen molar-refractivity contribution in [3.63, 3.8) is 0 Å². The summed E-state index contributed by atoms with van der Waals surface area (Å²) >= 11 is 0. The molecule has 0 aliphatic carbocycles. The Morgan fingerprint density at radius 1 is 1.12 bits per heavy atom. The molecule has 4 N–H and O–H groups in total. The minimum Gasteiger partial charge on any atom is -0.368 e. The Morgan fingerprint density at radius 2 is 1.88 bits per heavy atom. The third-order valence-electron chi connectivity index (χ3n) is 4.64. The van der Waals surface area contributed by atoms with E-state index in [1.807, 2.05) is 30.3 Å². The highest BCUT2D eigenvalue weighted by molar-refractivity contribution is 5.53. The molecule has 0 bridgehead atoms. The number of piperidine rings is 1. The smallest absolute Gasteiger partial charge is 0.232 e. The average Bonchev–Trinajstić information content (AvgIpc) is 2.61. The van der Waals surface area contributed by atoms with Crippen molar-refractivity contribution in [2.24, 2.45) is 0 Å². The van der Waals surface area contributed by atoms with Gasteiger partial charge in [-0.25, -0.2) is 0 Å². The fraction of sp³-hybridized carbons (Fsp3) is 0.526. The number of rotatable bonds is 6. The van der Waals surface area contributed by atoms with Crippen LogP contribution in [0.3, 0.4) is 0 Å². The van der Waals surface area contributed by atoms with E-state index in [1.165, 1.54) is 12.8 Å². The number of hydrogen-bond acceptors (Lipinski definition) is 7. The summed E-state index contributed by atoms with van der Waals surface area (Å²) in [5.41, 5.74) is 6.87. The van der Waals surface area contributed by atoms with Gasteiger partial charge in [-0.1, -0.05) is 32.0 Å². The molecular formula is C19H29N7. The number of para-hydroxylation sites is 1. The number of likely N-dealkylation sites (tertiary alicyclic amines) is 1. The molecule has 1 aliphatic rings. The maximum atomic E-state index is 5.94. The summed E-state index contributed by atoms with van der Waals surface area (Å²) in [6.45, 7) is 8.56. The SMILES string of the molecule is CC(C)NC1CCCN(C(C)c2nc(N)nc(Nc3ccccc3)n2)C1. The summed E-state index contributed by atoms with van der Waals surface area (Å²) < 4.78 is 0. The first-order valence-corrected chi connectivity index (χ1v) is 9.35. The second-order valence-corrected chi connectivity index (χ2v) is 7.20. The maximum absolute atomic E-state index is 5.94. The highest BCUT2D eigenvalue weighted by atomic mass is 15.2. The second-order valence-electron chi connectivity index (χ2n) is 7.20. The molecule has 2 aromatic rings. The highest BCUT2D eigenvalue weighted by Crippen LogP contribution is 2.24. The van der Waals surface area contributed by atoms with Crippen LogP contribution in [0.5, 0.6) is 0 Å². The number of nitrogens with zero attached hydrogens (tertiary/aromatic N) is 4. The molecule has 1 fully saturated rings. The Labute approximate surface area is 155 Å². The standard InChI is InChI=1S/C19H29N7/c1-13(2)21-16-10-7-11-26(12-16)14(3)17-23-18(20)25-19(24-17)22-15-8-5-4-6-9-15/h4-6,8-9,13-14,16,21H,7,10-12H2,1-3H3,(H3,20,22,23,24,25). The van der Waals surface area contributed by atoms with Gasteiger partial charge in [0.25, 0.3) is 0 Å². The van der Waals surface area contributed by atoms with E-state index >= 15 is 0 Å². The number of anilines is 3. The number of aromatic nitrogens is 3. The number of hydrogen-bond donors (Lipinski definition) is 3. The summed E-state index contributed by atoms with van der Waals surface area (Å²) in [7, 11) is 0. The van der Waals surface area contributed by atoms with Crippen molar-refractivity contribution in [3.8, 4) is 0 Å². The van der Waals surface area contributed by atoms with Gasteiger partial charge in [-0.05, 0) is 38.4 Å². The van der Waals surface area contributed by atoms with Gasteiger partial charge >= 0.3 is 0 Å². The van der Waals surface area contributed by atoms with Gasteiger partial charge in [0.05, 0.1) is 6.04 Å². The molecule has 7 heteroatoms. The fourth-order valence-electron chi connectivity index (χ4n) is 3.43. The zero-order chi connectivity index (χ0) is 18.5. The minimum atomic E-state index is 0.0911. The molecule has 0 spiro atoms. The lowest BCUT2D eigenvalue weighted by Crippen LogP contribution is -2.48. The monoisotopic (exact) mass is 355 g/mol. The van der Waals surface area contributed by atoms with Gasteiger partial charge in [0.1, 0.15) is 0 Å². The van der Waals surface area contributed by atoms with Gasteiger partial charge in [-0.2, -0.15) is 15.0 Å². The molecule has 1 saturated heterocycles. The zero-order valence-corrected chi connectivity index (χ0v) is 15.8. The van der Waals surface area contributed by atoms with E-state index in [9.17, 15) is 0 Å². The van der Waals surface area contributed by atoms with Crippen LogP contribution in [0.4, 0.5) is 17.6 Å². The van der Waals surface area contributed by atoms with E-state index in [-0.39, 0.29) is 12.0 Å². The van der Waals surface area contributed by atoms with Crippen molar-refractivity contribution < 1.29 is 0 Å². The normalized spacial score (nSPS) is 19.5. The molecule has 26 heavy (non-hydrogen) atoms. The van der Waals surface area contributed by atoms with Crippen LogP contribution < -0.4 is 16.4 Å². The molecule has 2 atom stereocenters. The Morgan fingerprint density at radius 3 is 2.62 bits per heavy atom. The predicted molar refractivity (Wildman–Crippen MR) is 105 cm³/mol. The van der Waals surface area contributed by atoms with Crippen LogP contribution in [0.15, 0.2) is 30.3 Å². The van der Waals surface area contributed by atoms with Gasteiger partial charge in [-0.15, -0.1) is 0 Å². The van der Waals surface area contributed by atoms with E-state index < -0.39 is 0 Å². The number of benzene rings is 1. The van der Waals surface area contributed by atoms with Crippen LogP contribution in [-0.2, 0) is 0 Å². The van der Waals surface area contributed by atoms with E-state index in [1.54, 1.807) is 0 Å². The second kappa shape index (κ2) is 8.42. The lowest BCUT2D eigenvalue weighted by atomic mass is 10.0. The Bertz CT molecular complexity index is 704. The largest absolute Gasteiger partial charge is 0.368 e. The average molecular weight is 355 g/mol. The Hall–Kier alpha value is -2.25. The first kappa shape index (κ1) is 18.5. The Balaban J connectivity index is 1.73. The molecule has 0 saturated carbocycles. The van der Waals surface area contributed by atoms with Gasteiger partial charge < -0.3 is 16.4 Å². The van der Waals surface area contributed by atoms with E-state index in [0.29, 0.717) is 23.9 Å². The zero-order valence-electron chi connectivity index (χ0n) is 15.8. The molecule has 140 valence electrons. The molecular weight excluding hydrogens is 326 g/mol. The predicted octanol–water partition coefficient (Wildman–Crippen LogP) is 2.72. The summed E-state index contributed by atoms with van der Waals surface area (Å²) in [5.74, 6) is 1.44. The van der Waals surface area contributed by atoms with E-state index in [4.69, 9.17) is 5.73 Å². The molecule has 0 amide bonds. The van der Waals surface area contributed by atoms with Crippen LogP contribution in [0.2, 0.25) is 0 Å². The third-order valence-corrected chi connectivity index (χ3v) is 4.64. The van der Waals surface area contributed by atoms with E-state index in [0.717, 1.165) is 18.8 Å². The molecule has 1 aromatic carbocycles. The quantitative estimate of drug-likeness (QED) is 0.734. The molecule has 0 radical (unpaired) electrons. The van der Waals surface area contributed by atoms with E-state index in [2.05, 4.69) is 51.3 Å². The molecule has 2 heterocycles. The first-order valence-electron chi connectivity index (χ1n) is 9.35. The van der Waals surface area contributed by atoms with Crippen LogP contribution in [0.1, 0.15) is 45.5 Å². The van der Waals surface area contributed by atoms with Gasteiger partial charge in [0.2, 0.25) is 11.9 Å².